The van der Waals surface area contributed by atoms with Gasteiger partial charge >= 0.3 is 0 Å². The molecule has 1 amide bonds. The van der Waals surface area contributed by atoms with Gasteiger partial charge in [0.15, 0.2) is 1.41 Å². The lowest BCUT2D eigenvalue weighted by atomic mass is 10.1. The van der Waals surface area contributed by atoms with Crippen molar-refractivity contribution in [3.05, 3.63) is 52.4 Å². The average molecular weight is 434 g/mol. The number of rotatable bonds is 4. The van der Waals surface area contributed by atoms with Crippen LogP contribution >= 0.6 is 23.1 Å². The van der Waals surface area contributed by atoms with E-state index in [0.717, 1.165) is 0 Å². The topological polar surface area (TPSA) is 48.5 Å². The van der Waals surface area contributed by atoms with E-state index in [1.165, 1.54) is 0 Å². The molecule has 0 radical (unpaired) electrons. The minimum atomic E-state index is -4.30. The summed E-state index contributed by atoms with van der Waals surface area (Å²) < 4.78 is 182. The summed E-state index contributed by atoms with van der Waals surface area (Å²) in [5.74, 6) is -2.58. The van der Waals surface area contributed by atoms with Crippen LogP contribution in [0.2, 0.25) is 6.43 Å². The highest BCUT2D eigenvalue weighted by molar-refractivity contribution is 7.13. The summed E-state index contributed by atoms with van der Waals surface area (Å²) >= 11 is 6.52. The molecule has 1 fully saturated rings. The van der Waals surface area contributed by atoms with Crippen molar-refractivity contribution in [3.8, 4) is 0 Å². The Balaban J connectivity index is 1.78. The summed E-state index contributed by atoms with van der Waals surface area (Å²) in [6, 6.07) is -5.58. The van der Waals surface area contributed by atoms with Gasteiger partial charge in [-0.2, -0.15) is 4.37 Å². The van der Waals surface area contributed by atoms with Gasteiger partial charge in [-0.15, -0.1) is 0 Å². The van der Waals surface area contributed by atoms with E-state index >= 15 is 0 Å². The summed E-state index contributed by atoms with van der Waals surface area (Å²) in [6.07, 6.45) is -7.27. The van der Waals surface area contributed by atoms with Crippen LogP contribution in [0.4, 0.5) is 11.5 Å². The van der Waals surface area contributed by atoms with E-state index in [4.69, 9.17) is 40.4 Å². The molecule has 5 nitrogen and oxygen atoms in total. The van der Waals surface area contributed by atoms with Crippen LogP contribution in [0, 0.1) is 0 Å². The van der Waals surface area contributed by atoms with Gasteiger partial charge in [0, 0.05) is 62.3 Å². The summed E-state index contributed by atoms with van der Waals surface area (Å²) in [5, 5.41) is -1.87. The van der Waals surface area contributed by atoms with Crippen molar-refractivity contribution in [3.63, 3.8) is 0 Å². The molecule has 3 heterocycles. The fraction of sp³-hybridized carbons (Fsp3) is 0.333. The third kappa shape index (κ3) is 3.36. The maximum atomic E-state index is 12.4. The molecule has 2 aliphatic heterocycles. The van der Waals surface area contributed by atoms with Gasteiger partial charge in [0.1, 0.15) is 5.82 Å². The fourth-order valence-corrected chi connectivity index (χ4v) is 3.17. The third-order valence-electron chi connectivity index (χ3n) is 3.53. The molecule has 1 N–H and O–H groups in total. The maximum absolute atomic E-state index is 12.4. The Morgan fingerprint density at radius 3 is 3.00 bits per heavy atom. The van der Waals surface area contributed by atoms with Gasteiger partial charge in [-0.25, -0.2) is 0 Å². The number of anilines is 2. The zero-order chi connectivity index (χ0) is 37.7. The number of piperazine rings is 1. The van der Waals surface area contributed by atoms with Gasteiger partial charge in [-0.1, -0.05) is 29.7 Å². The van der Waals surface area contributed by atoms with Crippen LogP contribution in [-0.4, -0.2) is 47.7 Å². The van der Waals surface area contributed by atoms with Crippen molar-refractivity contribution < 1.29 is 33.6 Å². The Hall–Kier alpha value is -2.15. The van der Waals surface area contributed by atoms with E-state index in [9.17, 15) is 4.79 Å². The molecule has 1 saturated heterocycles. The molecule has 2 aromatic carbocycles. The monoisotopic (exact) mass is 433 g/mol. The van der Waals surface area contributed by atoms with Crippen LogP contribution in [0.15, 0.2) is 36.3 Å². The predicted octanol–water partition coefficient (Wildman–Crippen LogP) is 3.81. The molecule has 0 saturated carbocycles. The number of halogens is 1. The summed E-state index contributed by atoms with van der Waals surface area (Å²) in [6.45, 7) is -20.5. The number of fused-ring (bicyclic) bond motifs is 2. The largest absolute Gasteiger partial charge is 0.353 e. The zero-order valence-corrected chi connectivity index (χ0v) is 15.1. The lowest BCUT2D eigenvalue weighted by Crippen LogP contribution is -2.47. The molecule has 0 unspecified atom stereocenters. The molecule has 0 atom stereocenters. The molecule has 3 aromatic rings. The van der Waals surface area contributed by atoms with Crippen LogP contribution in [0.5, 0.6) is 0 Å². The Morgan fingerprint density at radius 1 is 1.32 bits per heavy atom. The van der Waals surface area contributed by atoms with E-state index in [1.54, 1.807) is 0 Å². The van der Waals surface area contributed by atoms with E-state index in [1.807, 2.05) is 0 Å². The number of hydrogen-bond acceptors (Lipinski definition) is 5. The lowest BCUT2D eigenvalue weighted by molar-refractivity contribution is -0.115. The maximum Gasteiger partial charge on any atom is 0.228 e. The van der Waals surface area contributed by atoms with Crippen LogP contribution in [0.1, 0.15) is 38.5 Å². The molecule has 0 spiro atoms. The number of amides is 1. The van der Waals surface area contributed by atoms with Crippen LogP contribution in [0.25, 0.3) is 10.1 Å². The van der Waals surface area contributed by atoms with E-state index in [-0.39, 0.29) is 14.9 Å². The minimum Gasteiger partial charge on any atom is -0.353 e. The van der Waals surface area contributed by atoms with Crippen LogP contribution in [-0.2, 0) is 17.5 Å². The first-order valence-electron chi connectivity index (χ1n) is 18.0. The van der Waals surface area contributed by atoms with Gasteiger partial charge in [0.2, 0.25) is 5.91 Å². The molecule has 1 aromatic heterocycles. The second kappa shape index (κ2) is 7.35. The van der Waals surface area contributed by atoms with Crippen LogP contribution < -0.4 is 10.2 Å². The normalized spacial score (nSPS) is 38.5. The Morgan fingerprint density at radius 2 is 2.14 bits per heavy atom. The molecule has 0 bridgehead atoms. The van der Waals surface area contributed by atoms with E-state index in [0.29, 0.717) is 11.5 Å². The highest BCUT2D eigenvalue weighted by Crippen LogP contribution is 2.31. The van der Waals surface area contributed by atoms with Gasteiger partial charge < -0.3 is 10.2 Å². The number of carbonyl (C=O) groups is 1. The number of hydrogen-bond donors (Lipinski definition) is 1. The number of nitrogens with zero attached hydrogens (tertiary/aromatic N) is 3. The third-order valence-corrected chi connectivity index (χ3v) is 4.57. The predicted molar refractivity (Wildman–Crippen MR) is 116 cm³/mol. The first-order chi connectivity index (χ1) is 21.9. The molecule has 5 rings (SSSR count). The van der Waals surface area contributed by atoms with Gasteiger partial charge in [0.05, 0.1) is 24.8 Å². The summed E-state index contributed by atoms with van der Waals surface area (Å²) in [7, 11) is 0. The molecule has 7 heteroatoms. The first-order valence-corrected chi connectivity index (χ1v) is 8.69. The number of carbonyl (C=O) groups excluding carboxylic acids is 1. The molecule has 2 aliphatic rings. The zero-order valence-electron chi connectivity index (χ0n) is 34.5. The smallest absolute Gasteiger partial charge is 0.228 e. The first kappa shape index (κ1) is 6.17. The van der Waals surface area contributed by atoms with Crippen molar-refractivity contribution in [1.29, 1.82) is 0 Å². The highest BCUT2D eigenvalue weighted by atomic mass is 35.5. The molecule has 144 valence electrons. The van der Waals surface area contributed by atoms with Gasteiger partial charge in [-0.05, 0) is 47.2 Å². The van der Waals surface area contributed by atoms with Crippen LogP contribution in [0.3, 0.4) is 0 Å². The van der Waals surface area contributed by atoms with Gasteiger partial charge in [-0.3, -0.25) is 9.69 Å². The summed E-state index contributed by atoms with van der Waals surface area (Å²) in [5.41, 5.74) is -3.35. The van der Waals surface area contributed by atoms with Crippen molar-refractivity contribution in [2.75, 3.05) is 42.7 Å². The second-order valence-electron chi connectivity index (χ2n) is 5.27. The van der Waals surface area contributed by atoms with E-state index < -0.39 is 125 Å². The quantitative estimate of drug-likeness (QED) is 0.679. The Bertz CT molecular complexity index is 1940. The number of aromatic nitrogens is 1. The molecule has 28 heavy (non-hydrogen) atoms. The summed E-state index contributed by atoms with van der Waals surface area (Å²) in [4.78, 5) is 11.5. The number of nitrogens with one attached hydrogen (secondary N) is 1. The Labute approximate surface area is 202 Å². The standard InChI is InChI=1S/C21H21ClN4OS/c22-17-13-18-15(12-20(27)23-18)11-14(17)5-6-25-7-9-26(10-8-25)21-16-3-1-2-4-19(16)28-24-21/h1-4,11,13H,5-10,12H2,(H,23,27)/i1D,2D,3D,4D,5D2,6D2,7D2,8D2,9D2,10D2,11D,12D2,13D/hD. The van der Waals surface area contributed by atoms with Crippen molar-refractivity contribution in [1.82, 2.24) is 9.27 Å². The Kier molecular flexibility index (Phi) is 1.62. The van der Waals surface area contributed by atoms with E-state index in [2.05, 4.69) is 4.37 Å². The minimum absolute atomic E-state index is 0.0994. The average Bonchev–Trinajstić information content (AvgIpc) is 3.45. The van der Waals surface area contributed by atoms with Crippen molar-refractivity contribution in [2.45, 2.75) is 12.7 Å². The lowest BCUT2D eigenvalue weighted by Gasteiger charge is -2.35. The second-order valence-corrected chi connectivity index (χ2v) is 6.42. The number of benzene rings is 2. The fourth-order valence-electron chi connectivity index (χ4n) is 2.31. The van der Waals surface area contributed by atoms with Gasteiger partial charge in [0.25, 0.3) is 0 Å². The van der Waals surface area contributed by atoms with Crippen molar-refractivity contribution in [2.24, 2.45) is 0 Å². The highest BCUT2D eigenvalue weighted by Gasteiger charge is 2.22. The molecule has 0 aliphatic carbocycles. The SMILES string of the molecule is [2H]c1c(Cl)c(C([2H])([2H])C([2H])([2H])N2C([2H])([2H])C([2H])([2H])N(c3nsc4c([2H])c([2H])c([2H])c([2H])c34)C([2H])([2H])C2([2H])[2H])c([2H])c2c1N([2H])C(=O)C2([2H])[2H]. The molecular formula is C21H21ClN4OS. The molecular weight excluding hydrogens is 392 g/mol. The van der Waals surface area contributed by atoms with Crippen molar-refractivity contribution >= 4 is 50.6 Å².